The molecule has 0 aromatic carbocycles. The van der Waals surface area contributed by atoms with Crippen LogP contribution in [-0.2, 0) is 9.59 Å². The third-order valence-corrected chi connectivity index (χ3v) is 3.62. The summed E-state index contributed by atoms with van der Waals surface area (Å²) in [6.07, 6.45) is 1.17. The van der Waals surface area contributed by atoms with Crippen LogP contribution in [0, 0.1) is 11.8 Å². The maximum atomic E-state index is 11.3. The van der Waals surface area contributed by atoms with E-state index in [4.69, 9.17) is 10.8 Å². The molecule has 0 amide bonds. The van der Waals surface area contributed by atoms with Gasteiger partial charge in [-0.2, -0.15) is 0 Å². The fourth-order valence-corrected chi connectivity index (χ4v) is 1.68. The summed E-state index contributed by atoms with van der Waals surface area (Å²) in [6, 6.07) is -0.968. The monoisotopic (exact) mass is 260 g/mol. The van der Waals surface area contributed by atoms with Gasteiger partial charge in [-0.25, -0.2) is 4.79 Å². The molecule has 0 spiro atoms. The van der Waals surface area contributed by atoms with Crippen molar-refractivity contribution in [3.05, 3.63) is 0 Å². The Morgan fingerprint density at radius 1 is 1.22 bits per heavy atom. The first-order valence-electron chi connectivity index (χ1n) is 6.23. The molecule has 0 rings (SSSR count). The fourth-order valence-electron chi connectivity index (χ4n) is 1.68. The van der Waals surface area contributed by atoms with E-state index in [0.29, 0.717) is 12.8 Å². The van der Waals surface area contributed by atoms with Crippen LogP contribution in [0.3, 0.4) is 0 Å². The molecule has 0 aliphatic carbocycles. The summed E-state index contributed by atoms with van der Waals surface area (Å²) in [6.45, 7) is 7.11. The lowest BCUT2D eigenvalue weighted by Gasteiger charge is -2.36. The number of carboxylic acid groups (broad SMARTS) is 2. The summed E-state index contributed by atoms with van der Waals surface area (Å²) >= 11 is 0. The van der Waals surface area contributed by atoms with Crippen molar-refractivity contribution >= 4 is 11.9 Å². The minimum atomic E-state index is -1.72. The van der Waals surface area contributed by atoms with E-state index >= 15 is 0 Å². The SMILES string of the molecule is CC[C@H](C)[C@@H](N[C@@](N)(C(=O)O)[C@@H](C)CC)C(=O)O. The van der Waals surface area contributed by atoms with Gasteiger partial charge in [-0.3, -0.25) is 10.1 Å². The first-order chi connectivity index (χ1) is 8.20. The average Bonchev–Trinajstić information content (AvgIpc) is 2.32. The minimum absolute atomic E-state index is 0.200. The number of carbonyl (C=O) groups is 2. The van der Waals surface area contributed by atoms with Crippen LogP contribution in [0.25, 0.3) is 0 Å². The molecule has 0 aliphatic heterocycles. The van der Waals surface area contributed by atoms with E-state index in [1.54, 1.807) is 13.8 Å². The summed E-state index contributed by atoms with van der Waals surface area (Å²) in [5.74, 6) is -2.88. The zero-order valence-corrected chi connectivity index (χ0v) is 11.4. The molecule has 0 unspecified atom stereocenters. The Labute approximate surface area is 108 Å². The third kappa shape index (κ3) is 3.68. The van der Waals surface area contributed by atoms with Gasteiger partial charge in [0.25, 0.3) is 0 Å². The molecule has 0 fully saturated rings. The van der Waals surface area contributed by atoms with Crippen molar-refractivity contribution in [2.75, 3.05) is 0 Å². The van der Waals surface area contributed by atoms with Crippen LogP contribution < -0.4 is 11.1 Å². The molecular weight excluding hydrogens is 236 g/mol. The lowest BCUT2D eigenvalue weighted by molar-refractivity contribution is -0.150. The second-order valence-electron chi connectivity index (χ2n) is 4.83. The zero-order chi connectivity index (χ0) is 14.5. The third-order valence-electron chi connectivity index (χ3n) is 3.62. The maximum absolute atomic E-state index is 11.3. The number of nitrogens with two attached hydrogens (primary N) is 1. The van der Waals surface area contributed by atoms with Crippen molar-refractivity contribution in [2.24, 2.45) is 17.6 Å². The minimum Gasteiger partial charge on any atom is -0.480 e. The van der Waals surface area contributed by atoms with Crippen LogP contribution in [-0.4, -0.2) is 33.9 Å². The van der Waals surface area contributed by atoms with Crippen LogP contribution in [0.15, 0.2) is 0 Å². The van der Waals surface area contributed by atoms with Crippen molar-refractivity contribution in [1.82, 2.24) is 5.32 Å². The molecule has 0 heterocycles. The predicted octanol–water partition coefficient (Wildman–Crippen LogP) is 0.861. The Kier molecular flexibility index (Phi) is 6.28. The highest BCUT2D eigenvalue weighted by Crippen LogP contribution is 2.19. The largest absolute Gasteiger partial charge is 0.480 e. The molecule has 0 saturated heterocycles. The van der Waals surface area contributed by atoms with Gasteiger partial charge in [0.05, 0.1) is 0 Å². The second kappa shape index (κ2) is 6.70. The molecule has 6 nitrogen and oxygen atoms in total. The number of nitrogens with one attached hydrogen (secondary N) is 1. The molecule has 0 radical (unpaired) electrons. The van der Waals surface area contributed by atoms with Crippen LogP contribution in [0.4, 0.5) is 0 Å². The molecule has 18 heavy (non-hydrogen) atoms. The van der Waals surface area contributed by atoms with Crippen molar-refractivity contribution in [3.63, 3.8) is 0 Å². The van der Waals surface area contributed by atoms with Gasteiger partial charge in [0.15, 0.2) is 5.66 Å². The summed E-state index contributed by atoms with van der Waals surface area (Å²) in [5, 5.41) is 21.0. The van der Waals surface area contributed by atoms with Gasteiger partial charge in [0, 0.05) is 0 Å². The number of aliphatic carboxylic acids is 2. The van der Waals surface area contributed by atoms with Gasteiger partial charge in [-0.05, 0) is 18.3 Å². The average molecular weight is 260 g/mol. The summed E-state index contributed by atoms with van der Waals surface area (Å²) in [7, 11) is 0. The van der Waals surface area contributed by atoms with Gasteiger partial charge in [0.2, 0.25) is 0 Å². The number of carboxylic acids is 2. The molecule has 0 saturated carbocycles. The topological polar surface area (TPSA) is 113 Å². The number of hydrogen-bond acceptors (Lipinski definition) is 4. The Bertz CT molecular complexity index is 308. The number of hydrogen-bond donors (Lipinski definition) is 4. The van der Waals surface area contributed by atoms with Gasteiger partial charge in [-0.1, -0.05) is 34.1 Å². The van der Waals surface area contributed by atoms with Crippen molar-refractivity contribution < 1.29 is 19.8 Å². The number of rotatable bonds is 8. The molecule has 5 N–H and O–H groups in total. The van der Waals surface area contributed by atoms with Crippen molar-refractivity contribution in [1.29, 1.82) is 0 Å². The van der Waals surface area contributed by atoms with Crippen molar-refractivity contribution in [3.8, 4) is 0 Å². The van der Waals surface area contributed by atoms with E-state index in [0.717, 1.165) is 0 Å². The molecular formula is C12H24N2O4. The summed E-state index contributed by atoms with van der Waals surface area (Å²) in [5.41, 5.74) is 4.13. The highest BCUT2D eigenvalue weighted by atomic mass is 16.4. The Morgan fingerprint density at radius 2 is 1.72 bits per heavy atom. The van der Waals surface area contributed by atoms with Crippen LogP contribution in [0.5, 0.6) is 0 Å². The lowest BCUT2D eigenvalue weighted by atomic mass is 9.89. The molecule has 0 bridgehead atoms. The van der Waals surface area contributed by atoms with Crippen LogP contribution in [0.2, 0.25) is 0 Å². The predicted molar refractivity (Wildman–Crippen MR) is 68.0 cm³/mol. The quantitative estimate of drug-likeness (QED) is 0.481. The van der Waals surface area contributed by atoms with E-state index in [9.17, 15) is 14.7 Å². The summed E-state index contributed by atoms with van der Waals surface area (Å²) < 4.78 is 0. The molecule has 0 aromatic heterocycles. The Morgan fingerprint density at radius 3 is 2.00 bits per heavy atom. The highest BCUT2D eigenvalue weighted by Gasteiger charge is 2.43. The smallest absolute Gasteiger partial charge is 0.339 e. The van der Waals surface area contributed by atoms with Gasteiger partial charge in [0.1, 0.15) is 6.04 Å². The van der Waals surface area contributed by atoms with E-state index in [1.807, 2.05) is 13.8 Å². The highest BCUT2D eigenvalue weighted by molar-refractivity contribution is 5.81. The van der Waals surface area contributed by atoms with Gasteiger partial charge in [-0.15, -0.1) is 0 Å². The molecule has 0 aliphatic rings. The molecule has 4 atom stereocenters. The van der Waals surface area contributed by atoms with E-state index in [-0.39, 0.29) is 11.8 Å². The summed E-state index contributed by atoms with van der Waals surface area (Å²) in [4.78, 5) is 22.5. The van der Waals surface area contributed by atoms with Gasteiger partial charge < -0.3 is 15.9 Å². The maximum Gasteiger partial charge on any atom is 0.339 e. The van der Waals surface area contributed by atoms with E-state index < -0.39 is 23.6 Å². The molecule has 106 valence electrons. The standard InChI is InChI=1S/C12H24N2O4/c1-5-7(3)9(10(15)16)14-12(13,11(17)18)8(4)6-2/h7-9,14H,5-6,13H2,1-4H3,(H,15,16)(H,17,18)/t7-,8-,9+,12+/m0/s1. The zero-order valence-electron chi connectivity index (χ0n) is 11.4. The molecule has 6 heteroatoms. The second-order valence-corrected chi connectivity index (χ2v) is 4.83. The van der Waals surface area contributed by atoms with E-state index in [1.165, 1.54) is 0 Å². The van der Waals surface area contributed by atoms with Crippen LogP contribution in [0.1, 0.15) is 40.5 Å². The Balaban J connectivity index is 5.17. The van der Waals surface area contributed by atoms with Crippen LogP contribution >= 0.6 is 0 Å². The van der Waals surface area contributed by atoms with Crippen molar-refractivity contribution in [2.45, 2.75) is 52.2 Å². The molecule has 0 aromatic rings. The normalized spacial score (nSPS) is 19.6. The van der Waals surface area contributed by atoms with Gasteiger partial charge >= 0.3 is 11.9 Å². The Hall–Kier alpha value is -1.14. The first-order valence-corrected chi connectivity index (χ1v) is 6.23. The first kappa shape index (κ1) is 16.9. The lowest BCUT2D eigenvalue weighted by Crippen LogP contribution is -2.68. The fraction of sp³-hybridized carbons (Fsp3) is 0.833. The van der Waals surface area contributed by atoms with E-state index in [2.05, 4.69) is 5.32 Å².